The normalized spacial score (nSPS) is 13.8. The van der Waals surface area contributed by atoms with Gasteiger partial charge in [-0.25, -0.2) is 4.79 Å². The Balaban J connectivity index is 2.24. The van der Waals surface area contributed by atoms with Crippen LogP contribution >= 0.6 is 0 Å². The smallest absolute Gasteiger partial charge is 0.326 e. The summed E-state index contributed by atoms with van der Waals surface area (Å²) in [4.78, 5) is 62.4. The molecule has 0 saturated carbocycles. The van der Waals surface area contributed by atoms with Crippen molar-refractivity contribution in [3.63, 3.8) is 0 Å². The summed E-state index contributed by atoms with van der Waals surface area (Å²) >= 11 is 0. The van der Waals surface area contributed by atoms with Crippen LogP contribution in [0.1, 0.15) is 44.2 Å². The number of carboxylic acid groups (broad SMARTS) is 2. The third-order valence-corrected chi connectivity index (χ3v) is 6.34. The van der Waals surface area contributed by atoms with Crippen LogP contribution < -0.4 is 21.7 Å². The molecule has 0 aromatic heterocycles. The van der Waals surface area contributed by atoms with E-state index in [1.165, 1.54) is 36.4 Å². The summed E-state index contributed by atoms with van der Waals surface area (Å²) in [6, 6.07) is 6.82. The molecule has 0 aliphatic heterocycles. The van der Waals surface area contributed by atoms with E-state index < -0.39 is 60.2 Å². The minimum Gasteiger partial charge on any atom is -0.508 e. The SMILES string of the molecule is CC(C)CC(NC(=O)C(Cc1ccc(O)cc1)NC(=O)C(CCC(=O)O)NC(=O)C(N)Cc1ccc(O)cc1)C(=O)O. The number of carbonyl (C=O) groups excluding carboxylic acids is 3. The zero-order valence-electron chi connectivity index (χ0n) is 23.4. The van der Waals surface area contributed by atoms with Gasteiger partial charge < -0.3 is 42.1 Å². The monoisotopic (exact) mass is 586 g/mol. The lowest BCUT2D eigenvalue weighted by Crippen LogP contribution is -2.58. The van der Waals surface area contributed by atoms with Crippen LogP contribution in [0.25, 0.3) is 0 Å². The fourth-order valence-corrected chi connectivity index (χ4v) is 4.11. The summed E-state index contributed by atoms with van der Waals surface area (Å²) in [5.41, 5.74) is 7.19. The average Bonchev–Trinajstić information content (AvgIpc) is 2.91. The maximum absolute atomic E-state index is 13.3. The van der Waals surface area contributed by atoms with Gasteiger partial charge in [0, 0.05) is 12.8 Å². The van der Waals surface area contributed by atoms with Crippen LogP contribution in [0, 0.1) is 5.92 Å². The Hall–Kier alpha value is -4.65. The molecule has 0 bridgehead atoms. The Morgan fingerprint density at radius 3 is 1.62 bits per heavy atom. The Labute approximate surface area is 243 Å². The van der Waals surface area contributed by atoms with Crippen molar-refractivity contribution in [1.82, 2.24) is 16.0 Å². The molecule has 4 unspecified atom stereocenters. The van der Waals surface area contributed by atoms with Gasteiger partial charge in [0.15, 0.2) is 0 Å². The highest BCUT2D eigenvalue weighted by molar-refractivity contribution is 5.94. The van der Waals surface area contributed by atoms with Gasteiger partial charge in [-0.15, -0.1) is 0 Å². The van der Waals surface area contributed by atoms with Crippen molar-refractivity contribution in [2.45, 2.75) is 70.1 Å². The van der Waals surface area contributed by atoms with E-state index in [4.69, 9.17) is 5.73 Å². The van der Waals surface area contributed by atoms with Gasteiger partial charge in [0.05, 0.1) is 6.04 Å². The maximum Gasteiger partial charge on any atom is 0.326 e. The number of aliphatic carboxylic acids is 2. The van der Waals surface area contributed by atoms with Crippen LogP contribution in [-0.2, 0) is 36.8 Å². The predicted octanol–water partition coefficient (Wildman–Crippen LogP) is 0.660. The van der Waals surface area contributed by atoms with E-state index in [0.717, 1.165) is 0 Å². The molecule has 13 nitrogen and oxygen atoms in total. The van der Waals surface area contributed by atoms with Crippen molar-refractivity contribution in [3.8, 4) is 11.5 Å². The quantitative estimate of drug-likeness (QED) is 0.137. The molecule has 42 heavy (non-hydrogen) atoms. The molecule has 13 heteroatoms. The fourth-order valence-electron chi connectivity index (χ4n) is 4.11. The predicted molar refractivity (Wildman–Crippen MR) is 151 cm³/mol. The van der Waals surface area contributed by atoms with Crippen molar-refractivity contribution in [2.75, 3.05) is 0 Å². The number of amides is 3. The topological polar surface area (TPSA) is 228 Å². The zero-order valence-corrected chi connectivity index (χ0v) is 23.4. The summed E-state index contributed by atoms with van der Waals surface area (Å²) in [7, 11) is 0. The first-order chi connectivity index (χ1) is 19.7. The van der Waals surface area contributed by atoms with E-state index >= 15 is 0 Å². The fraction of sp³-hybridized carbons (Fsp3) is 0.414. The highest BCUT2D eigenvalue weighted by atomic mass is 16.4. The molecule has 228 valence electrons. The van der Waals surface area contributed by atoms with E-state index in [1.54, 1.807) is 26.0 Å². The van der Waals surface area contributed by atoms with Crippen molar-refractivity contribution >= 4 is 29.7 Å². The summed E-state index contributed by atoms with van der Waals surface area (Å²) in [6.45, 7) is 3.58. The Bertz CT molecular complexity index is 1230. The Kier molecular flexibility index (Phi) is 12.8. The van der Waals surface area contributed by atoms with Crippen molar-refractivity contribution < 1.29 is 44.4 Å². The largest absolute Gasteiger partial charge is 0.508 e. The van der Waals surface area contributed by atoms with Gasteiger partial charge in [-0.3, -0.25) is 19.2 Å². The van der Waals surface area contributed by atoms with E-state index in [1.807, 2.05) is 0 Å². The average molecular weight is 587 g/mol. The first-order valence-electron chi connectivity index (χ1n) is 13.4. The Morgan fingerprint density at radius 2 is 1.14 bits per heavy atom. The summed E-state index contributed by atoms with van der Waals surface area (Å²) in [5.74, 6) is -4.91. The molecule has 0 saturated heterocycles. The van der Waals surface area contributed by atoms with Crippen molar-refractivity contribution in [2.24, 2.45) is 11.7 Å². The molecule has 2 aromatic carbocycles. The summed E-state index contributed by atoms with van der Waals surface area (Å²) in [6.07, 6.45) is -0.673. The van der Waals surface area contributed by atoms with Crippen molar-refractivity contribution in [1.29, 1.82) is 0 Å². The summed E-state index contributed by atoms with van der Waals surface area (Å²) in [5, 5.41) is 45.2. The lowest BCUT2D eigenvalue weighted by molar-refractivity contribution is -0.142. The molecule has 2 rings (SSSR count). The van der Waals surface area contributed by atoms with Crippen LogP contribution in [-0.4, -0.2) is 74.3 Å². The molecule has 0 spiro atoms. The number of aromatic hydroxyl groups is 2. The molecule has 2 aromatic rings. The van der Waals surface area contributed by atoms with Crippen molar-refractivity contribution in [3.05, 3.63) is 59.7 Å². The number of benzene rings is 2. The van der Waals surface area contributed by atoms with Crippen LogP contribution in [0.15, 0.2) is 48.5 Å². The van der Waals surface area contributed by atoms with Gasteiger partial charge in [0.25, 0.3) is 0 Å². The van der Waals surface area contributed by atoms with Crippen LogP contribution in [0.5, 0.6) is 11.5 Å². The lowest BCUT2D eigenvalue weighted by Gasteiger charge is -2.25. The molecular formula is C29H38N4O9. The minimum atomic E-state index is -1.37. The Morgan fingerprint density at radius 1 is 0.690 bits per heavy atom. The minimum absolute atomic E-state index is 0.0215. The maximum atomic E-state index is 13.3. The standard InChI is InChI=1S/C29H38N4O9/c1-16(2)13-24(29(41)42)33-28(40)23(15-18-5-9-20(35)10-6-18)32-27(39)22(11-12-25(36)37)31-26(38)21(30)14-17-3-7-19(34)8-4-17/h3-10,16,21-24,34-35H,11-15,30H2,1-2H3,(H,31,38)(H,32,39)(H,33,40)(H,36,37)(H,41,42). The second-order valence-electron chi connectivity index (χ2n) is 10.4. The van der Waals surface area contributed by atoms with Crippen LogP contribution in [0.2, 0.25) is 0 Å². The van der Waals surface area contributed by atoms with E-state index in [-0.39, 0.29) is 43.1 Å². The van der Waals surface area contributed by atoms with Gasteiger partial charge in [0.2, 0.25) is 17.7 Å². The molecule has 4 atom stereocenters. The van der Waals surface area contributed by atoms with E-state index in [2.05, 4.69) is 16.0 Å². The lowest BCUT2D eigenvalue weighted by atomic mass is 10.0. The van der Waals surface area contributed by atoms with Gasteiger partial charge in [0.1, 0.15) is 29.6 Å². The number of phenols is 2. The number of carbonyl (C=O) groups is 5. The number of nitrogens with two attached hydrogens (primary N) is 1. The number of hydrogen-bond donors (Lipinski definition) is 8. The van der Waals surface area contributed by atoms with E-state index in [9.17, 15) is 44.4 Å². The third-order valence-electron chi connectivity index (χ3n) is 6.34. The highest BCUT2D eigenvalue weighted by Crippen LogP contribution is 2.14. The molecule has 0 radical (unpaired) electrons. The number of nitrogens with one attached hydrogen (secondary N) is 3. The first kappa shape index (κ1) is 33.6. The molecule has 9 N–H and O–H groups in total. The van der Waals surface area contributed by atoms with Crippen LogP contribution in [0.3, 0.4) is 0 Å². The first-order valence-corrected chi connectivity index (χ1v) is 13.4. The molecular weight excluding hydrogens is 548 g/mol. The van der Waals surface area contributed by atoms with Crippen LogP contribution in [0.4, 0.5) is 0 Å². The molecule has 0 heterocycles. The highest BCUT2D eigenvalue weighted by Gasteiger charge is 2.31. The molecule has 3 amide bonds. The van der Waals surface area contributed by atoms with Gasteiger partial charge >= 0.3 is 11.9 Å². The van der Waals surface area contributed by atoms with Gasteiger partial charge in [-0.1, -0.05) is 38.1 Å². The molecule has 0 aliphatic carbocycles. The van der Waals surface area contributed by atoms with E-state index in [0.29, 0.717) is 11.1 Å². The second kappa shape index (κ2) is 16.0. The number of rotatable bonds is 16. The summed E-state index contributed by atoms with van der Waals surface area (Å²) < 4.78 is 0. The molecule has 0 aliphatic rings. The number of hydrogen-bond acceptors (Lipinski definition) is 8. The molecule has 0 fully saturated rings. The third kappa shape index (κ3) is 11.5. The zero-order chi connectivity index (χ0) is 31.4. The number of phenolic OH excluding ortho intramolecular Hbond substituents is 2. The van der Waals surface area contributed by atoms with Gasteiger partial charge in [-0.2, -0.15) is 0 Å². The number of carboxylic acids is 2. The van der Waals surface area contributed by atoms with Gasteiger partial charge in [-0.05, 0) is 60.6 Å². The second-order valence-corrected chi connectivity index (χ2v) is 10.4.